The van der Waals surface area contributed by atoms with Crippen LogP contribution in [0.5, 0.6) is 0 Å². The smallest absolute Gasteiger partial charge is 0.0950 e. The molecular weight excluding hydrogens is 168 g/mol. The van der Waals surface area contributed by atoms with Crippen LogP contribution in [-0.4, -0.2) is 13.4 Å². The van der Waals surface area contributed by atoms with Crippen LogP contribution in [0.4, 0.5) is 0 Å². The molecule has 0 amide bonds. The van der Waals surface area contributed by atoms with Crippen molar-refractivity contribution in [2.75, 3.05) is 7.05 Å². The third-order valence-corrected chi connectivity index (χ3v) is 1.96. The zero-order chi connectivity index (χ0) is 9.40. The van der Waals surface area contributed by atoms with Crippen molar-refractivity contribution in [2.45, 2.75) is 19.8 Å². The van der Waals surface area contributed by atoms with Gasteiger partial charge in [-0.2, -0.15) is 0 Å². The van der Waals surface area contributed by atoms with Crippen LogP contribution in [0.25, 0.3) is 0 Å². The maximum Gasteiger partial charge on any atom is 0.0950 e. The van der Waals surface area contributed by atoms with Gasteiger partial charge in [-0.1, -0.05) is 38.3 Å². The predicted octanol–water partition coefficient (Wildman–Crippen LogP) is 2.75. The van der Waals surface area contributed by atoms with Crippen molar-refractivity contribution in [1.82, 2.24) is 5.32 Å². The number of hydrogen-bond donors (Lipinski definition) is 1. The summed E-state index contributed by atoms with van der Waals surface area (Å²) in [6, 6.07) is 0. The van der Waals surface area contributed by atoms with Gasteiger partial charge in [-0.25, -0.2) is 4.99 Å². The zero-order valence-electron chi connectivity index (χ0n) is 7.76. The van der Waals surface area contributed by atoms with Gasteiger partial charge in [0.1, 0.15) is 0 Å². The Morgan fingerprint density at radius 2 is 2.25 bits per heavy atom. The zero-order valence-corrected chi connectivity index (χ0v) is 8.58. The van der Waals surface area contributed by atoms with Gasteiger partial charge in [-0.3, -0.25) is 0 Å². The Hall–Kier alpha value is -0.700. The molecule has 0 saturated carbocycles. The molecule has 0 unspecified atom stereocenters. The predicted molar refractivity (Wildman–Crippen MR) is 58.3 cm³/mol. The molecule has 68 valence electrons. The summed E-state index contributed by atoms with van der Waals surface area (Å²) in [4.78, 5) is 5.16. The lowest BCUT2D eigenvalue weighted by atomic mass is 10.3. The van der Waals surface area contributed by atoms with Crippen molar-refractivity contribution >= 4 is 18.1 Å². The fourth-order valence-electron chi connectivity index (χ4n) is 0.659. The van der Waals surface area contributed by atoms with E-state index in [1.165, 1.54) is 11.8 Å². The van der Waals surface area contributed by atoms with Gasteiger partial charge >= 0.3 is 0 Å². The van der Waals surface area contributed by atoms with Crippen molar-refractivity contribution in [3.8, 4) is 0 Å². The summed E-state index contributed by atoms with van der Waals surface area (Å²) < 4.78 is 0. The molecule has 0 bridgehead atoms. The monoisotopic (exact) mass is 184 g/mol. The Balaban J connectivity index is 3.69. The minimum atomic E-state index is 0.780. The van der Waals surface area contributed by atoms with Crippen LogP contribution in [0, 0.1) is 0 Å². The molecule has 12 heavy (non-hydrogen) atoms. The van der Waals surface area contributed by atoms with E-state index in [9.17, 15) is 0 Å². The van der Waals surface area contributed by atoms with E-state index >= 15 is 0 Å². The summed E-state index contributed by atoms with van der Waals surface area (Å²) in [5.41, 5.74) is 0. The van der Waals surface area contributed by atoms with Gasteiger partial charge in [0, 0.05) is 7.05 Å². The first kappa shape index (κ1) is 11.3. The lowest BCUT2D eigenvalue weighted by molar-refractivity contribution is 0.950. The summed E-state index contributed by atoms with van der Waals surface area (Å²) in [6.45, 7) is 9.81. The molecule has 0 aromatic heterocycles. The Kier molecular flexibility index (Phi) is 6.57. The number of allylic oxidation sites excluding steroid dienone is 1. The highest BCUT2D eigenvalue weighted by atomic mass is 32.2. The van der Waals surface area contributed by atoms with Crippen LogP contribution >= 0.6 is 11.8 Å². The quantitative estimate of drug-likeness (QED) is 0.507. The molecular formula is C9H16N2S. The van der Waals surface area contributed by atoms with E-state index < -0.39 is 0 Å². The molecule has 0 fully saturated rings. The lowest BCUT2D eigenvalue weighted by Crippen LogP contribution is -1.99. The SMILES string of the molecule is C=C(CCC)SC(=C)/N=C\NC. The fraction of sp³-hybridized carbons (Fsp3) is 0.444. The Bertz CT molecular complexity index is 185. The van der Waals surface area contributed by atoms with Crippen molar-refractivity contribution in [3.63, 3.8) is 0 Å². The highest BCUT2D eigenvalue weighted by Crippen LogP contribution is 2.26. The molecule has 0 radical (unpaired) electrons. The average Bonchev–Trinajstić information content (AvgIpc) is 2.01. The van der Waals surface area contributed by atoms with E-state index in [0.29, 0.717) is 0 Å². The lowest BCUT2D eigenvalue weighted by Gasteiger charge is -2.01. The minimum Gasteiger partial charge on any atom is -0.379 e. The molecule has 0 atom stereocenters. The maximum atomic E-state index is 4.04. The van der Waals surface area contributed by atoms with Crippen LogP contribution in [0.15, 0.2) is 28.1 Å². The molecule has 2 nitrogen and oxygen atoms in total. The second-order valence-corrected chi connectivity index (χ2v) is 3.58. The maximum absolute atomic E-state index is 4.04. The standard InChI is InChI=1S/C9H16N2S/c1-5-6-8(2)12-9(3)11-7-10-4/h7H,2-3,5-6H2,1,4H3,(H,10,11). The first-order valence-electron chi connectivity index (χ1n) is 3.95. The van der Waals surface area contributed by atoms with Gasteiger partial charge in [0.15, 0.2) is 0 Å². The molecule has 0 spiro atoms. The molecule has 0 rings (SSSR count). The number of nitrogens with zero attached hydrogens (tertiary/aromatic N) is 1. The highest BCUT2D eigenvalue weighted by molar-refractivity contribution is 8.06. The van der Waals surface area contributed by atoms with Crippen LogP contribution in [0.3, 0.4) is 0 Å². The average molecular weight is 184 g/mol. The molecule has 0 saturated heterocycles. The molecule has 0 aromatic rings. The van der Waals surface area contributed by atoms with Crippen molar-refractivity contribution in [2.24, 2.45) is 4.99 Å². The number of aliphatic imine (C=N–C) groups is 1. The van der Waals surface area contributed by atoms with Gasteiger partial charge < -0.3 is 5.32 Å². The third-order valence-electron chi connectivity index (χ3n) is 1.13. The number of hydrogen-bond acceptors (Lipinski definition) is 2. The van der Waals surface area contributed by atoms with Crippen LogP contribution in [-0.2, 0) is 0 Å². The summed E-state index contributed by atoms with van der Waals surface area (Å²) in [6.07, 6.45) is 3.77. The van der Waals surface area contributed by atoms with Crippen LogP contribution in [0.2, 0.25) is 0 Å². The summed E-state index contributed by atoms with van der Waals surface area (Å²) in [7, 11) is 1.81. The normalized spacial score (nSPS) is 10.2. The molecule has 1 N–H and O–H groups in total. The van der Waals surface area contributed by atoms with Crippen molar-refractivity contribution < 1.29 is 0 Å². The number of rotatable bonds is 6. The topological polar surface area (TPSA) is 24.4 Å². The van der Waals surface area contributed by atoms with Crippen LogP contribution in [0.1, 0.15) is 19.8 Å². The molecule has 0 aliphatic carbocycles. The second kappa shape index (κ2) is 6.98. The summed E-state index contributed by atoms with van der Waals surface area (Å²) in [5, 5.41) is 3.59. The highest BCUT2D eigenvalue weighted by Gasteiger charge is 1.95. The van der Waals surface area contributed by atoms with E-state index in [1.807, 2.05) is 7.05 Å². The minimum absolute atomic E-state index is 0.780. The van der Waals surface area contributed by atoms with E-state index in [4.69, 9.17) is 0 Å². The van der Waals surface area contributed by atoms with Crippen molar-refractivity contribution in [1.29, 1.82) is 0 Å². The Morgan fingerprint density at radius 1 is 1.58 bits per heavy atom. The molecule has 0 heterocycles. The Morgan fingerprint density at radius 3 is 2.75 bits per heavy atom. The van der Waals surface area contributed by atoms with E-state index in [2.05, 4.69) is 30.4 Å². The number of nitrogens with one attached hydrogen (secondary N) is 1. The van der Waals surface area contributed by atoms with E-state index in [1.54, 1.807) is 6.34 Å². The van der Waals surface area contributed by atoms with Gasteiger partial charge in [0.05, 0.1) is 11.4 Å². The molecule has 0 aromatic carbocycles. The Labute approximate surface area is 78.8 Å². The summed E-state index contributed by atoms with van der Waals surface area (Å²) >= 11 is 1.54. The van der Waals surface area contributed by atoms with E-state index in [0.717, 1.165) is 22.8 Å². The van der Waals surface area contributed by atoms with Gasteiger partial charge in [-0.15, -0.1) is 0 Å². The molecule has 0 aliphatic heterocycles. The van der Waals surface area contributed by atoms with Gasteiger partial charge in [-0.05, 0) is 11.3 Å². The van der Waals surface area contributed by atoms with Gasteiger partial charge in [0.2, 0.25) is 0 Å². The number of thioether (sulfide) groups is 1. The first-order valence-corrected chi connectivity index (χ1v) is 4.76. The summed E-state index contributed by atoms with van der Waals surface area (Å²) in [5.74, 6) is 0. The van der Waals surface area contributed by atoms with Gasteiger partial charge in [0.25, 0.3) is 0 Å². The third kappa shape index (κ3) is 6.04. The fourth-order valence-corrected chi connectivity index (χ4v) is 1.40. The first-order chi connectivity index (χ1) is 5.70. The van der Waals surface area contributed by atoms with E-state index in [-0.39, 0.29) is 0 Å². The molecule has 3 heteroatoms. The second-order valence-electron chi connectivity index (χ2n) is 2.33. The van der Waals surface area contributed by atoms with Crippen molar-refractivity contribution in [3.05, 3.63) is 23.1 Å². The van der Waals surface area contributed by atoms with Crippen LogP contribution < -0.4 is 5.32 Å². The largest absolute Gasteiger partial charge is 0.379 e. The molecule has 0 aliphatic rings.